The summed E-state index contributed by atoms with van der Waals surface area (Å²) in [5.74, 6) is -1.35. The Morgan fingerprint density at radius 3 is 2.35 bits per heavy atom. The van der Waals surface area contributed by atoms with Crippen LogP contribution in [0.2, 0.25) is 0 Å². The van der Waals surface area contributed by atoms with Crippen molar-refractivity contribution in [2.75, 3.05) is 33.0 Å². The molecule has 1 aromatic rings. The number of pyridine rings is 1. The number of amides is 3. The zero-order valence-corrected chi connectivity index (χ0v) is 11.5. The largest absolute Gasteiger partial charge is 0.477 e. The number of aromatic carboxylic acids is 1. The van der Waals surface area contributed by atoms with Crippen molar-refractivity contribution < 1.29 is 19.5 Å². The number of hydrogen-bond donors (Lipinski definition) is 2. The second kappa shape index (κ2) is 6.50. The fourth-order valence-corrected chi connectivity index (χ4v) is 1.23. The number of urea groups is 1. The van der Waals surface area contributed by atoms with Crippen molar-refractivity contribution in [2.45, 2.75) is 0 Å². The molecule has 2 N–H and O–H groups in total. The fourth-order valence-electron chi connectivity index (χ4n) is 1.23. The Kier molecular flexibility index (Phi) is 5.01. The van der Waals surface area contributed by atoms with E-state index in [2.05, 4.69) is 10.3 Å². The lowest BCUT2D eigenvalue weighted by Gasteiger charge is -2.19. The molecular weight excluding hydrogens is 264 g/mol. The third-order valence-electron chi connectivity index (χ3n) is 2.45. The quantitative estimate of drug-likeness (QED) is 0.827. The summed E-state index contributed by atoms with van der Waals surface area (Å²) >= 11 is 0. The molecule has 0 saturated carbocycles. The number of carbonyl (C=O) groups excluding carboxylic acids is 2. The van der Waals surface area contributed by atoms with E-state index in [1.807, 2.05) is 0 Å². The Morgan fingerprint density at radius 1 is 1.25 bits per heavy atom. The minimum absolute atomic E-state index is 0.0561. The topological polar surface area (TPSA) is 103 Å². The molecule has 8 nitrogen and oxygen atoms in total. The van der Waals surface area contributed by atoms with E-state index in [0.29, 0.717) is 5.69 Å². The molecule has 3 amide bonds. The van der Waals surface area contributed by atoms with Gasteiger partial charge in [-0.2, -0.15) is 0 Å². The van der Waals surface area contributed by atoms with Crippen LogP contribution in [0.3, 0.4) is 0 Å². The fraction of sp³-hybridized carbons (Fsp3) is 0.333. The number of rotatable bonds is 4. The number of anilines is 1. The zero-order valence-electron chi connectivity index (χ0n) is 11.5. The van der Waals surface area contributed by atoms with Gasteiger partial charge in [0.15, 0.2) is 0 Å². The van der Waals surface area contributed by atoms with Crippen LogP contribution < -0.4 is 5.32 Å². The van der Waals surface area contributed by atoms with Crippen molar-refractivity contribution in [2.24, 2.45) is 0 Å². The van der Waals surface area contributed by atoms with Crippen LogP contribution in [0.4, 0.5) is 10.5 Å². The normalized spacial score (nSPS) is 9.75. The lowest BCUT2D eigenvalue weighted by molar-refractivity contribution is -0.129. The summed E-state index contributed by atoms with van der Waals surface area (Å²) in [6.45, 7) is -0.0561. The van der Waals surface area contributed by atoms with Gasteiger partial charge in [0.05, 0.1) is 11.9 Å². The molecule has 20 heavy (non-hydrogen) atoms. The zero-order chi connectivity index (χ0) is 15.3. The molecule has 108 valence electrons. The summed E-state index contributed by atoms with van der Waals surface area (Å²) < 4.78 is 0. The van der Waals surface area contributed by atoms with Crippen LogP contribution in [0, 0.1) is 0 Å². The van der Waals surface area contributed by atoms with E-state index in [1.165, 1.54) is 35.2 Å². The van der Waals surface area contributed by atoms with Gasteiger partial charge >= 0.3 is 12.0 Å². The highest BCUT2D eigenvalue weighted by Gasteiger charge is 2.14. The summed E-state index contributed by atoms with van der Waals surface area (Å²) in [5.41, 5.74) is 0.239. The van der Waals surface area contributed by atoms with Crippen molar-refractivity contribution in [1.82, 2.24) is 14.8 Å². The monoisotopic (exact) mass is 280 g/mol. The average molecular weight is 280 g/mol. The summed E-state index contributed by atoms with van der Waals surface area (Å²) in [5, 5.41) is 11.2. The first kappa shape index (κ1) is 15.4. The number of likely N-dealkylation sites (N-methyl/N-ethyl adjacent to an activating group) is 2. The third-order valence-corrected chi connectivity index (χ3v) is 2.45. The molecule has 0 aliphatic heterocycles. The Hall–Kier alpha value is -2.64. The predicted molar refractivity (Wildman–Crippen MR) is 71.5 cm³/mol. The first-order chi connectivity index (χ1) is 9.31. The molecule has 1 aromatic heterocycles. The maximum Gasteiger partial charge on any atom is 0.354 e. The summed E-state index contributed by atoms with van der Waals surface area (Å²) in [6, 6.07) is 2.23. The van der Waals surface area contributed by atoms with Crippen LogP contribution in [-0.2, 0) is 4.79 Å². The highest BCUT2D eigenvalue weighted by Crippen LogP contribution is 2.07. The molecule has 0 atom stereocenters. The summed E-state index contributed by atoms with van der Waals surface area (Å²) in [6.07, 6.45) is 1.24. The number of carboxylic acids is 1. The first-order valence-electron chi connectivity index (χ1n) is 5.73. The van der Waals surface area contributed by atoms with Crippen LogP contribution in [0.1, 0.15) is 10.5 Å². The summed E-state index contributed by atoms with van der Waals surface area (Å²) in [4.78, 5) is 40.1. The Balaban J connectivity index is 2.61. The lowest BCUT2D eigenvalue weighted by atomic mass is 10.3. The number of hydrogen-bond acceptors (Lipinski definition) is 4. The Morgan fingerprint density at radius 2 is 1.90 bits per heavy atom. The number of nitrogens with zero attached hydrogens (tertiary/aromatic N) is 3. The second-order valence-electron chi connectivity index (χ2n) is 4.31. The van der Waals surface area contributed by atoms with E-state index >= 15 is 0 Å². The highest BCUT2D eigenvalue weighted by atomic mass is 16.4. The van der Waals surface area contributed by atoms with E-state index in [-0.39, 0.29) is 18.1 Å². The smallest absolute Gasteiger partial charge is 0.354 e. The van der Waals surface area contributed by atoms with Crippen LogP contribution in [0.25, 0.3) is 0 Å². The van der Waals surface area contributed by atoms with Crippen molar-refractivity contribution in [3.63, 3.8) is 0 Å². The third kappa shape index (κ3) is 4.23. The SMILES string of the molecule is CN(C)C(=O)CN(C)C(=O)Nc1ccc(C(=O)O)nc1. The van der Waals surface area contributed by atoms with E-state index in [4.69, 9.17) is 5.11 Å². The van der Waals surface area contributed by atoms with Gasteiger partial charge in [-0.1, -0.05) is 0 Å². The number of carbonyl (C=O) groups is 3. The van der Waals surface area contributed by atoms with Crippen molar-refractivity contribution in [3.05, 3.63) is 24.0 Å². The van der Waals surface area contributed by atoms with E-state index in [9.17, 15) is 14.4 Å². The van der Waals surface area contributed by atoms with Gasteiger partial charge in [0.2, 0.25) is 5.91 Å². The van der Waals surface area contributed by atoms with Crippen LogP contribution in [-0.4, -0.2) is 65.5 Å². The van der Waals surface area contributed by atoms with Gasteiger partial charge in [-0.3, -0.25) is 4.79 Å². The van der Waals surface area contributed by atoms with Gasteiger partial charge in [-0.05, 0) is 12.1 Å². The molecule has 0 aliphatic carbocycles. The maximum atomic E-state index is 11.8. The standard InChI is InChI=1S/C12H16N4O4/c1-15(2)10(17)7-16(3)12(20)14-8-4-5-9(11(18)19)13-6-8/h4-6H,7H2,1-3H3,(H,14,20)(H,18,19). The van der Waals surface area contributed by atoms with Gasteiger partial charge in [0.25, 0.3) is 0 Å². The van der Waals surface area contributed by atoms with E-state index < -0.39 is 12.0 Å². The van der Waals surface area contributed by atoms with Gasteiger partial charge in [0, 0.05) is 21.1 Å². The van der Waals surface area contributed by atoms with Crippen LogP contribution in [0.15, 0.2) is 18.3 Å². The van der Waals surface area contributed by atoms with E-state index in [1.54, 1.807) is 14.1 Å². The molecule has 0 bridgehead atoms. The molecule has 0 unspecified atom stereocenters. The van der Waals surface area contributed by atoms with Gasteiger partial charge in [-0.15, -0.1) is 0 Å². The number of carboxylic acid groups (broad SMARTS) is 1. The average Bonchev–Trinajstić information content (AvgIpc) is 2.38. The molecular formula is C12H16N4O4. The molecule has 0 fully saturated rings. The molecule has 1 rings (SSSR count). The predicted octanol–water partition coefficient (Wildman–Crippen LogP) is 0.332. The minimum Gasteiger partial charge on any atom is -0.477 e. The molecule has 0 aromatic carbocycles. The molecule has 1 heterocycles. The summed E-state index contributed by atoms with van der Waals surface area (Å²) in [7, 11) is 4.68. The second-order valence-corrected chi connectivity index (χ2v) is 4.31. The lowest BCUT2D eigenvalue weighted by Crippen LogP contribution is -2.39. The highest BCUT2D eigenvalue weighted by molar-refractivity contribution is 5.92. The molecule has 0 radical (unpaired) electrons. The van der Waals surface area contributed by atoms with Crippen molar-refractivity contribution in [1.29, 1.82) is 0 Å². The molecule has 8 heteroatoms. The minimum atomic E-state index is -1.14. The van der Waals surface area contributed by atoms with Gasteiger partial charge in [0.1, 0.15) is 12.2 Å². The van der Waals surface area contributed by atoms with Crippen LogP contribution >= 0.6 is 0 Å². The first-order valence-corrected chi connectivity index (χ1v) is 5.73. The molecule has 0 spiro atoms. The van der Waals surface area contributed by atoms with Gasteiger partial charge < -0.3 is 20.2 Å². The van der Waals surface area contributed by atoms with Crippen molar-refractivity contribution >= 4 is 23.6 Å². The van der Waals surface area contributed by atoms with Gasteiger partial charge in [-0.25, -0.2) is 14.6 Å². The van der Waals surface area contributed by atoms with E-state index in [0.717, 1.165) is 0 Å². The Bertz CT molecular complexity index is 513. The maximum absolute atomic E-state index is 11.8. The number of nitrogens with one attached hydrogen (secondary N) is 1. The Labute approximate surface area is 116 Å². The molecule has 0 saturated heterocycles. The number of aromatic nitrogens is 1. The molecule has 0 aliphatic rings. The van der Waals surface area contributed by atoms with Crippen LogP contribution in [0.5, 0.6) is 0 Å². The van der Waals surface area contributed by atoms with Crippen molar-refractivity contribution in [3.8, 4) is 0 Å².